The van der Waals surface area contributed by atoms with Crippen molar-refractivity contribution in [1.29, 1.82) is 0 Å². The van der Waals surface area contributed by atoms with Gasteiger partial charge in [0.1, 0.15) is 11.5 Å². The Hall–Kier alpha value is -3.09. The number of benzene rings is 2. The second-order valence-corrected chi connectivity index (χ2v) is 7.18. The first kappa shape index (κ1) is 23.2. The lowest BCUT2D eigenvalue weighted by atomic mass is 9.96. The molecule has 6 nitrogen and oxygen atoms in total. The number of nitrogens with one attached hydrogen (secondary N) is 1. The molecule has 1 amide bonds. The highest BCUT2D eigenvalue weighted by atomic mass is 16.3. The summed E-state index contributed by atoms with van der Waals surface area (Å²) in [5, 5.41) is 32.5. The molecule has 1 unspecified atom stereocenters. The van der Waals surface area contributed by atoms with E-state index in [1.165, 1.54) is 0 Å². The Morgan fingerprint density at radius 3 is 2.50 bits per heavy atom. The van der Waals surface area contributed by atoms with Crippen LogP contribution in [0.4, 0.5) is 5.69 Å². The summed E-state index contributed by atoms with van der Waals surface area (Å²) in [5.74, 6) is -0.320. The van der Waals surface area contributed by atoms with Crippen molar-refractivity contribution < 1.29 is 20.1 Å². The maximum Gasteiger partial charge on any atom is 0.241 e. The molecule has 6 heteroatoms. The Morgan fingerprint density at radius 2 is 1.83 bits per heavy atom. The molecule has 6 N–H and O–H groups in total. The van der Waals surface area contributed by atoms with Crippen molar-refractivity contribution in [2.75, 3.05) is 11.9 Å². The number of unbranched alkanes of at least 4 members (excludes halogenated alkanes) is 1. The van der Waals surface area contributed by atoms with Crippen LogP contribution in [0.15, 0.2) is 55.6 Å². The number of carbonyl (C=O) groups excluding carboxylic acids is 1. The fraction of sp³-hybridized carbons (Fsp3) is 0.292. The number of hydrogen-bond acceptors (Lipinski definition) is 5. The van der Waals surface area contributed by atoms with E-state index in [0.29, 0.717) is 48.8 Å². The molecular weight excluding hydrogens is 380 g/mol. The maximum atomic E-state index is 12.5. The van der Waals surface area contributed by atoms with Crippen LogP contribution < -0.4 is 11.1 Å². The van der Waals surface area contributed by atoms with Crippen LogP contribution in [0.1, 0.15) is 30.4 Å². The van der Waals surface area contributed by atoms with E-state index >= 15 is 0 Å². The van der Waals surface area contributed by atoms with Crippen LogP contribution >= 0.6 is 0 Å². The minimum Gasteiger partial charge on any atom is -0.508 e. The Morgan fingerprint density at radius 1 is 1.10 bits per heavy atom. The first-order valence-corrected chi connectivity index (χ1v) is 9.98. The quantitative estimate of drug-likeness (QED) is 0.220. The molecule has 2 rings (SSSR count). The van der Waals surface area contributed by atoms with Crippen molar-refractivity contribution in [1.82, 2.24) is 0 Å². The summed E-state index contributed by atoms with van der Waals surface area (Å²) in [7, 11) is 0. The highest BCUT2D eigenvalue weighted by Gasteiger charge is 2.18. The van der Waals surface area contributed by atoms with Gasteiger partial charge in [0.25, 0.3) is 0 Å². The lowest BCUT2D eigenvalue weighted by molar-refractivity contribution is -0.117. The number of phenolic OH excluding ortho intramolecular Hbond substituents is 2. The van der Waals surface area contributed by atoms with E-state index < -0.39 is 11.9 Å². The summed E-state index contributed by atoms with van der Waals surface area (Å²) in [4.78, 5) is 12.5. The van der Waals surface area contributed by atoms with Crippen molar-refractivity contribution in [3.8, 4) is 22.6 Å². The zero-order chi connectivity index (χ0) is 22.1. The third-order valence-corrected chi connectivity index (χ3v) is 4.82. The summed E-state index contributed by atoms with van der Waals surface area (Å²) in [6, 6.07) is 7.86. The number of hydrogen-bond donors (Lipinski definition) is 5. The normalized spacial score (nSPS) is 11.7. The van der Waals surface area contributed by atoms with Crippen molar-refractivity contribution in [3.05, 3.63) is 66.8 Å². The molecule has 2 aromatic carbocycles. The largest absolute Gasteiger partial charge is 0.508 e. The molecule has 0 fully saturated rings. The minimum absolute atomic E-state index is 0.0581. The molecule has 0 radical (unpaired) electrons. The van der Waals surface area contributed by atoms with Gasteiger partial charge in [0.2, 0.25) is 5.91 Å². The topological polar surface area (TPSA) is 116 Å². The average molecular weight is 411 g/mol. The van der Waals surface area contributed by atoms with Crippen LogP contribution in [0.25, 0.3) is 11.1 Å². The third-order valence-electron chi connectivity index (χ3n) is 4.82. The summed E-state index contributed by atoms with van der Waals surface area (Å²) in [5.41, 5.74) is 9.00. The SMILES string of the molecule is C=CCc1cc(NC(=O)C(N)CCCCO)c(O)c(-c2ccc(O)c(CC=C)c2)c1. The standard InChI is InChI=1S/C24H30N2O4/c1-3-7-16-13-19(17-10-11-22(28)18(15-17)8-4-2)23(29)21(14-16)26-24(30)20(25)9-5-6-12-27/h3-4,10-11,13-15,20,27-29H,1-2,5-9,12,25H2,(H,26,30). The Balaban J connectivity index is 2.40. The maximum absolute atomic E-state index is 12.5. The number of amides is 1. The van der Waals surface area contributed by atoms with Crippen LogP contribution in [-0.4, -0.2) is 33.9 Å². The predicted octanol–water partition coefficient (Wildman–Crippen LogP) is 3.65. The van der Waals surface area contributed by atoms with Crippen molar-refractivity contribution in [2.45, 2.75) is 38.1 Å². The van der Waals surface area contributed by atoms with Gasteiger partial charge in [0.15, 0.2) is 0 Å². The third kappa shape index (κ3) is 5.95. The fourth-order valence-corrected chi connectivity index (χ4v) is 3.20. The van der Waals surface area contributed by atoms with Crippen molar-refractivity contribution in [2.24, 2.45) is 5.73 Å². The van der Waals surface area contributed by atoms with Gasteiger partial charge in [0, 0.05) is 12.2 Å². The van der Waals surface area contributed by atoms with Crippen LogP contribution in [-0.2, 0) is 17.6 Å². The fourth-order valence-electron chi connectivity index (χ4n) is 3.20. The van der Waals surface area contributed by atoms with Crippen LogP contribution in [0.2, 0.25) is 0 Å². The smallest absolute Gasteiger partial charge is 0.241 e. The van der Waals surface area contributed by atoms with Gasteiger partial charge in [0.05, 0.1) is 11.7 Å². The van der Waals surface area contributed by atoms with E-state index in [-0.39, 0.29) is 23.8 Å². The van der Waals surface area contributed by atoms with Gasteiger partial charge in [-0.2, -0.15) is 0 Å². The number of allylic oxidation sites excluding steroid dienone is 2. The number of aliphatic hydroxyl groups is 1. The molecule has 0 spiro atoms. The van der Waals surface area contributed by atoms with Gasteiger partial charge in [-0.15, -0.1) is 13.2 Å². The first-order valence-electron chi connectivity index (χ1n) is 9.98. The Kier molecular flexibility index (Phi) is 8.65. The second kappa shape index (κ2) is 11.2. The zero-order valence-corrected chi connectivity index (χ0v) is 17.1. The number of nitrogens with two attached hydrogens (primary N) is 1. The van der Waals surface area contributed by atoms with E-state index in [0.717, 1.165) is 5.56 Å². The van der Waals surface area contributed by atoms with Crippen LogP contribution in [0.5, 0.6) is 11.5 Å². The molecule has 0 heterocycles. The molecular formula is C24H30N2O4. The summed E-state index contributed by atoms with van der Waals surface area (Å²) in [6.07, 6.45) is 6.13. The molecule has 0 aliphatic rings. The second-order valence-electron chi connectivity index (χ2n) is 7.18. The number of carbonyl (C=O) groups is 1. The van der Waals surface area contributed by atoms with Crippen molar-refractivity contribution in [3.63, 3.8) is 0 Å². The van der Waals surface area contributed by atoms with Gasteiger partial charge in [-0.25, -0.2) is 0 Å². The van der Waals surface area contributed by atoms with E-state index in [1.807, 2.05) is 6.07 Å². The average Bonchev–Trinajstić information content (AvgIpc) is 2.72. The van der Waals surface area contributed by atoms with Crippen molar-refractivity contribution >= 4 is 11.6 Å². The summed E-state index contributed by atoms with van der Waals surface area (Å²) >= 11 is 0. The molecule has 0 aliphatic carbocycles. The molecule has 0 saturated carbocycles. The van der Waals surface area contributed by atoms with Gasteiger partial charge >= 0.3 is 0 Å². The zero-order valence-electron chi connectivity index (χ0n) is 17.1. The molecule has 160 valence electrons. The molecule has 0 aliphatic heterocycles. The number of rotatable bonds is 11. The monoisotopic (exact) mass is 410 g/mol. The molecule has 2 aromatic rings. The number of phenols is 2. The summed E-state index contributed by atoms with van der Waals surface area (Å²) < 4.78 is 0. The lowest BCUT2D eigenvalue weighted by Crippen LogP contribution is -2.35. The first-order chi connectivity index (χ1) is 14.4. The van der Waals surface area contributed by atoms with E-state index in [2.05, 4.69) is 18.5 Å². The van der Waals surface area contributed by atoms with E-state index in [9.17, 15) is 15.0 Å². The lowest BCUT2D eigenvalue weighted by Gasteiger charge is -2.17. The Bertz CT molecular complexity index is 908. The predicted molar refractivity (Wildman–Crippen MR) is 121 cm³/mol. The highest BCUT2D eigenvalue weighted by molar-refractivity contribution is 5.97. The minimum atomic E-state index is -0.740. The Labute approximate surface area is 177 Å². The van der Waals surface area contributed by atoms with Crippen LogP contribution in [0, 0.1) is 0 Å². The number of aromatic hydroxyl groups is 2. The molecule has 30 heavy (non-hydrogen) atoms. The van der Waals surface area contributed by atoms with Gasteiger partial charge in [-0.3, -0.25) is 4.79 Å². The van der Waals surface area contributed by atoms with E-state index in [1.54, 1.807) is 36.4 Å². The molecule has 0 aromatic heterocycles. The van der Waals surface area contributed by atoms with Gasteiger partial charge in [-0.05, 0) is 73.1 Å². The number of anilines is 1. The van der Waals surface area contributed by atoms with E-state index in [4.69, 9.17) is 10.8 Å². The molecule has 1 atom stereocenters. The van der Waals surface area contributed by atoms with Gasteiger partial charge in [-0.1, -0.05) is 18.2 Å². The number of aliphatic hydroxyl groups excluding tert-OH is 1. The van der Waals surface area contributed by atoms with Crippen LogP contribution in [0.3, 0.4) is 0 Å². The molecule has 0 saturated heterocycles. The van der Waals surface area contributed by atoms with Gasteiger partial charge < -0.3 is 26.4 Å². The summed E-state index contributed by atoms with van der Waals surface area (Å²) in [6.45, 7) is 7.52. The molecule has 0 bridgehead atoms. The highest BCUT2D eigenvalue weighted by Crippen LogP contribution is 2.38.